The molecule has 0 saturated heterocycles. The van der Waals surface area contributed by atoms with Gasteiger partial charge in [0, 0.05) is 6.54 Å². The van der Waals surface area contributed by atoms with Crippen LogP contribution in [0.25, 0.3) is 0 Å². The summed E-state index contributed by atoms with van der Waals surface area (Å²) < 4.78 is 42.3. The third kappa shape index (κ3) is 5.01. The second-order valence-corrected chi connectivity index (χ2v) is 8.71. The molecule has 158 valence electrons. The van der Waals surface area contributed by atoms with E-state index in [2.05, 4.69) is 5.32 Å². The summed E-state index contributed by atoms with van der Waals surface area (Å²) in [5.74, 6) is 0.955. The molecule has 1 atom stereocenters. The highest BCUT2D eigenvalue weighted by Gasteiger charge is 2.32. The van der Waals surface area contributed by atoms with E-state index in [1.807, 2.05) is 25.1 Å². The first-order chi connectivity index (χ1) is 14.4. The molecular formula is C22H23NO6S. The lowest BCUT2D eigenvalue weighted by Gasteiger charge is -2.17. The van der Waals surface area contributed by atoms with Crippen LogP contribution in [0.15, 0.2) is 76.2 Å². The molecule has 1 amide bonds. The number of para-hydroxylation sites is 1. The number of benzene rings is 2. The molecule has 1 N–H and O–H groups in total. The van der Waals surface area contributed by atoms with E-state index in [-0.39, 0.29) is 23.8 Å². The van der Waals surface area contributed by atoms with E-state index < -0.39 is 21.0 Å². The van der Waals surface area contributed by atoms with Crippen molar-refractivity contribution in [3.63, 3.8) is 0 Å². The van der Waals surface area contributed by atoms with Gasteiger partial charge in [0.25, 0.3) is 5.91 Å². The molecule has 2 aromatic carbocycles. The third-order valence-corrected chi connectivity index (χ3v) is 6.64. The van der Waals surface area contributed by atoms with Crippen LogP contribution >= 0.6 is 0 Å². The highest BCUT2D eigenvalue weighted by Crippen LogP contribution is 2.30. The van der Waals surface area contributed by atoms with Crippen LogP contribution in [-0.2, 0) is 14.6 Å². The second-order valence-electron chi connectivity index (χ2n) is 6.58. The van der Waals surface area contributed by atoms with Gasteiger partial charge in [0.05, 0.1) is 18.3 Å². The van der Waals surface area contributed by atoms with Gasteiger partial charge in [-0.15, -0.1) is 0 Å². The van der Waals surface area contributed by atoms with Gasteiger partial charge in [-0.25, -0.2) is 8.42 Å². The van der Waals surface area contributed by atoms with Crippen LogP contribution in [0.2, 0.25) is 0 Å². The molecular weight excluding hydrogens is 406 g/mol. The minimum absolute atomic E-state index is 0.107. The summed E-state index contributed by atoms with van der Waals surface area (Å²) in [5, 5.41) is 1.55. The van der Waals surface area contributed by atoms with Gasteiger partial charge in [0.2, 0.25) is 0 Å². The molecule has 0 bridgehead atoms. The fraction of sp³-hybridized carbons (Fsp3) is 0.227. The van der Waals surface area contributed by atoms with Gasteiger partial charge in [0.15, 0.2) is 16.4 Å². The van der Waals surface area contributed by atoms with Crippen LogP contribution in [0.4, 0.5) is 0 Å². The van der Waals surface area contributed by atoms with E-state index in [1.165, 1.54) is 25.5 Å². The first kappa shape index (κ1) is 21.4. The topological polar surface area (TPSA) is 94.8 Å². The molecule has 3 rings (SSSR count). The molecule has 0 spiro atoms. The van der Waals surface area contributed by atoms with Crippen molar-refractivity contribution in [2.24, 2.45) is 0 Å². The molecule has 1 aromatic heterocycles. The van der Waals surface area contributed by atoms with Crippen molar-refractivity contribution in [3.05, 3.63) is 78.3 Å². The number of carbonyl (C=O) groups is 1. The fourth-order valence-electron chi connectivity index (χ4n) is 2.89. The number of rotatable bonds is 9. The summed E-state index contributed by atoms with van der Waals surface area (Å²) in [6.07, 6.45) is 1.40. The maximum Gasteiger partial charge on any atom is 0.257 e. The van der Waals surface area contributed by atoms with Crippen molar-refractivity contribution < 1.29 is 27.1 Å². The van der Waals surface area contributed by atoms with E-state index in [9.17, 15) is 13.2 Å². The van der Waals surface area contributed by atoms with Crippen LogP contribution in [-0.4, -0.2) is 34.6 Å². The normalized spacial score (nSPS) is 12.2. The zero-order valence-corrected chi connectivity index (χ0v) is 17.5. The Morgan fingerprint density at radius 1 is 1.07 bits per heavy atom. The van der Waals surface area contributed by atoms with Gasteiger partial charge in [-0.1, -0.05) is 18.2 Å². The number of sulfone groups is 1. The number of nitrogens with one attached hydrogen (secondary N) is 1. The first-order valence-corrected chi connectivity index (χ1v) is 10.8. The first-order valence-electron chi connectivity index (χ1n) is 9.28. The maximum absolute atomic E-state index is 13.2. The van der Waals surface area contributed by atoms with Crippen LogP contribution < -0.4 is 14.8 Å². The van der Waals surface area contributed by atoms with Gasteiger partial charge >= 0.3 is 0 Å². The lowest BCUT2D eigenvalue weighted by atomic mass is 10.2. The minimum Gasteiger partial charge on any atom is -0.497 e. The van der Waals surface area contributed by atoms with Gasteiger partial charge in [-0.05, 0) is 55.0 Å². The molecule has 7 nitrogen and oxygen atoms in total. The molecule has 0 aliphatic heterocycles. The maximum atomic E-state index is 13.2. The standard InChI is InChI=1S/C22H23NO6S/c1-16-6-3-4-7-19(16)29-15-22(24)23-14-21(20-8-5-13-28-20)30(25,26)18-11-9-17(27-2)10-12-18/h3-13,21H,14-15H2,1-2H3,(H,23,24). The number of hydrogen-bond acceptors (Lipinski definition) is 6. The van der Waals surface area contributed by atoms with Crippen molar-refractivity contribution in [2.75, 3.05) is 20.3 Å². The highest BCUT2D eigenvalue weighted by molar-refractivity contribution is 7.91. The number of furan rings is 1. The Balaban J connectivity index is 1.71. The highest BCUT2D eigenvalue weighted by atomic mass is 32.2. The largest absolute Gasteiger partial charge is 0.497 e. The number of carbonyl (C=O) groups excluding carboxylic acids is 1. The summed E-state index contributed by atoms with van der Waals surface area (Å²) in [6.45, 7) is 1.50. The Morgan fingerprint density at radius 2 is 1.80 bits per heavy atom. The SMILES string of the molecule is COc1ccc(S(=O)(=O)C(CNC(=O)COc2ccccc2C)c2ccco2)cc1. The summed E-state index contributed by atoms with van der Waals surface area (Å²) in [6, 6.07) is 16.6. The number of methoxy groups -OCH3 is 1. The Bertz CT molecular complexity index is 1080. The van der Waals surface area contributed by atoms with Crippen molar-refractivity contribution in [2.45, 2.75) is 17.1 Å². The van der Waals surface area contributed by atoms with Gasteiger partial charge in [0.1, 0.15) is 22.5 Å². The Labute approximate surface area is 175 Å². The molecule has 0 aliphatic rings. The van der Waals surface area contributed by atoms with Crippen LogP contribution in [0, 0.1) is 6.92 Å². The summed E-state index contributed by atoms with van der Waals surface area (Å²) in [7, 11) is -2.32. The fourth-order valence-corrected chi connectivity index (χ4v) is 4.47. The molecule has 8 heteroatoms. The van der Waals surface area contributed by atoms with Crippen molar-refractivity contribution in [1.82, 2.24) is 5.32 Å². The Kier molecular flexibility index (Phi) is 6.79. The molecule has 3 aromatic rings. The van der Waals surface area contributed by atoms with E-state index in [0.29, 0.717) is 11.5 Å². The number of aryl methyl sites for hydroxylation is 1. The van der Waals surface area contributed by atoms with Gasteiger partial charge in [-0.2, -0.15) is 0 Å². The predicted octanol–water partition coefficient (Wildman–Crippen LogP) is 3.31. The lowest BCUT2D eigenvalue weighted by Crippen LogP contribution is -2.34. The number of amides is 1. The van der Waals surface area contributed by atoms with Crippen molar-refractivity contribution >= 4 is 15.7 Å². The number of ether oxygens (including phenoxy) is 2. The van der Waals surface area contributed by atoms with Crippen molar-refractivity contribution in [1.29, 1.82) is 0 Å². The molecule has 0 saturated carbocycles. The lowest BCUT2D eigenvalue weighted by molar-refractivity contribution is -0.123. The quantitative estimate of drug-likeness (QED) is 0.561. The minimum atomic E-state index is -3.82. The molecule has 0 fully saturated rings. The van der Waals surface area contributed by atoms with Gasteiger partial charge in [-0.3, -0.25) is 4.79 Å². The second kappa shape index (κ2) is 9.49. The summed E-state index contributed by atoms with van der Waals surface area (Å²) >= 11 is 0. The average Bonchev–Trinajstić information content (AvgIpc) is 3.27. The van der Waals surface area contributed by atoms with E-state index in [0.717, 1.165) is 5.56 Å². The van der Waals surface area contributed by atoms with Gasteiger partial charge < -0.3 is 19.2 Å². The third-order valence-electron chi connectivity index (χ3n) is 4.56. The molecule has 0 radical (unpaired) electrons. The molecule has 1 unspecified atom stereocenters. The summed E-state index contributed by atoms with van der Waals surface area (Å²) in [4.78, 5) is 12.4. The number of hydrogen-bond donors (Lipinski definition) is 1. The Morgan fingerprint density at radius 3 is 2.43 bits per heavy atom. The summed E-state index contributed by atoms with van der Waals surface area (Å²) in [5.41, 5.74) is 0.904. The zero-order valence-electron chi connectivity index (χ0n) is 16.7. The van der Waals surface area contributed by atoms with Crippen LogP contribution in [0.5, 0.6) is 11.5 Å². The Hall–Kier alpha value is -3.26. The molecule has 0 aliphatic carbocycles. The monoisotopic (exact) mass is 429 g/mol. The van der Waals surface area contributed by atoms with E-state index >= 15 is 0 Å². The van der Waals surface area contributed by atoms with Crippen molar-refractivity contribution in [3.8, 4) is 11.5 Å². The average molecular weight is 429 g/mol. The van der Waals surface area contributed by atoms with E-state index in [1.54, 1.807) is 30.3 Å². The zero-order chi connectivity index (χ0) is 21.6. The van der Waals surface area contributed by atoms with Crippen LogP contribution in [0.1, 0.15) is 16.6 Å². The van der Waals surface area contributed by atoms with E-state index in [4.69, 9.17) is 13.9 Å². The van der Waals surface area contributed by atoms with Crippen LogP contribution in [0.3, 0.4) is 0 Å². The smallest absolute Gasteiger partial charge is 0.257 e. The molecule has 1 heterocycles. The predicted molar refractivity (Wildman–Crippen MR) is 111 cm³/mol. The molecule has 30 heavy (non-hydrogen) atoms.